The molecule has 0 aliphatic rings. The van der Waals surface area contributed by atoms with Crippen molar-refractivity contribution in [1.82, 2.24) is 30.0 Å². The average Bonchev–Trinajstić information content (AvgIpc) is 3.38. The summed E-state index contributed by atoms with van der Waals surface area (Å²) >= 11 is 1.48. The molecule has 0 saturated heterocycles. The Morgan fingerprint density at radius 3 is 1.75 bits per heavy atom. The van der Waals surface area contributed by atoms with Gasteiger partial charge in [-0.1, -0.05) is 52.9 Å². The topological polar surface area (TPSA) is 70.7 Å². The number of hydrogen-bond acceptors (Lipinski definition) is 6. The number of aromatic nitrogens is 6. The lowest BCUT2D eigenvalue weighted by molar-refractivity contribution is -0.0328. The molecule has 0 fully saturated rings. The van der Waals surface area contributed by atoms with Crippen LogP contribution in [-0.2, 0) is 9.92 Å². The molecule has 0 aliphatic carbocycles. The number of fused-ring (bicyclic) bond motifs is 2. The first-order chi connectivity index (χ1) is 13.8. The van der Waals surface area contributed by atoms with Gasteiger partial charge in [-0.2, -0.15) is 9.36 Å². The Balaban J connectivity index is 1.81. The predicted molar refractivity (Wildman–Crippen MR) is 108 cm³/mol. The minimum atomic E-state index is -1.15. The Morgan fingerprint density at radius 1 is 0.714 bits per heavy atom. The van der Waals surface area contributed by atoms with E-state index in [1.165, 1.54) is 11.8 Å². The maximum atomic E-state index is 6.13. The molecule has 8 heteroatoms. The van der Waals surface area contributed by atoms with Gasteiger partial charge in [0.2, 0.25) is 0 Å². The van der Waals surface area contributed by atoms with Gasteiger partial charge >= 0.3 is 5.18 Å². The predicted octanol–water partition coefficient (Wildman–Crippen LogP) is 3.73. The fraction of sp³-hybridized carbons (Fsp3) is 0.100. The van der Waals surface area contributed by atoms with Gasteiger partial charge in [0.25, 0.3) is 0 Å². The number of nitrogens with zero attached hydrogens (tertiary/aromatic N) is 6. The van der Waals surface area contributed by atoms with E-state index in [0.29, 0.717) is 0 Å². The summed E-state index contributed by atoms with van der Waals surface area (Å²) < 4.78 is 9.63. The van der Waals surface area contributed by atoms with Gasteiger partial charge in [-0.3, -0.25) is 0 Å². The summed E-state index contributed by atoms with van der Waals surface area (Å²) in [4.78, 5) is 1.00. The van der Waals surface area contributed by atoms with Crippen molar-refractivity contribution >= 4 is 33.8 Å². The maximum Gasteiger partial charge on any atom is 0.320 e. The standard InChI is InChI=1S/C20H16N6OS/c1-27-20(28-15-9-3-2-4-10-15,25-18-13-7-5-11-16(18)21-23-25)26-19-14-8-6-12-17(19)22-24-26/h2-14H,1H3. The highest BCUT2D eigenvalue weighted by atomic mass is 32.2. The summed E-state index contributed by atoms with van der Waals surface area (Å²) in [6, 6.07) is 25.6. The molecular formula is C20H16N6OS. The molecule has 0 atom stereocenters. The lowest BCUT2D eigenvalue weighted by Gasteiger charge is -2.31. The zero-order valence-electron chi connectivity index (χ0n) is 15.0. The lowest BCUT2D eigenvalue weighted by Crippen LogP contribution is -2.41. The second kappa shape index (κ2) is 6.74. The molecule has 0 aliphatic heterocycles. The largest absolute Gasteiger partial charge is 0.330 e. The molecule has 5 aromatic rings. The molecule has 138 valence electrons. The highest BCUT2D eigenvalue weighted by molar-refractivity contribution is 7.99. The first-order valence-electron chi connectivity index (χ1n) is 8.73. The SMILES string of the molecule is COC(Sc1ccccc1)(n1nnc2ccccc21)n1nnc2ccccc21. The van der Waals surface area contributed by atoms with E-state index in [4.69, 9.17) is 4.74 Å². The monoisotopic (exact) mass is 388 g/mol. The van der Waals surface area contributed by atoms with E-state index in [1.54, 1.807) is 16.5 Å². The zero-order valence-corrected chi connectivity index (χ0v) is 15.8. The molecule has 0 unspecified atom stereocenters. The quantitative estimate of drug-likeness (QED) is 0.337. The average molecular weight is 388 g/mol. The van der Waals surface area contributed by atoms with Gasteiger partial charge < -0.3 is 4.74 Å². The molecule has 5 rings (SSSR count). The molecule has 28 heavy (non-hydrogen) atoms. The Bertz CT molecular complexity index is 1180. The molecule has 0 N–H and O–H groups in total. The summed E-state index contributed by atoms with van der Waals surface area (Å²) in [5, 5.41) is 16.4. The normalized spacial score (nSPS) is 12.0. The van der Waals surface area contributed by atoms with E-state index in [2.05, 4.69) is 20.6 Å². The number of thioether (sulfide) groups is 1. The van der Waals surface area contributed by atoms with Gasteiger partial charge in [-0.25, -0.2) is 0 Å². The number of benzene rings is 3. The van der Waals surface area contributed by atoms with Crippen molar-refractivity contribution in [2.24, 2.45) is 0 Å². The van der Waals surface area contributed by atoms with E-state index in [9.17, 15) is 0 Å². The van der Waals surface area contributed by atoms with Crippen LogP contribution in [0.4, 0.5) is 0 Å². The second-order valence-electron chi connectivity index (χ2n) is 6.15. The van der Waals surface area contributed by atoms with Crippen molar-refractivity contribution in [3.8, 4) is 0 Å². The summed E-state index contributed by atoms with van der Waals surface area (Å²) in [7, 11) is 1.64. The summed E-state index contributed by atoms with van der Waals surface area (Å²) in [5.41, 5.74) is 3.24. The smallest absolute Gasteiger partial charge is 0.320 e. The van der Waals surface area contributed by atoms with Crippen molar-refractivity contribution in [1.29, 1.82) is 0 Å². The minimum Gasteiger partial charge on any atom is -0.330 e. The van der Waals surface area contributed by atoms with E-state index in [-0.39, 0.29) is 0 Å². The Labute approximate surface area is 164 Å². The van der Waals surface area contributed by atoms with Crippen LogP contribution in [0.25, 0.3) is 22.1 Å². The van der Waals surface area contributed by atoms with Crippen LogP contribution >= 0.6 is 11.8 Å². The van der Waals surface area contributed by atoms with E-state index in [0.717, 1.165) is 27.0 Å². The van der Waals surface area contributed by atoms with Gasteiger partial charge in [-0.15, -0.1) is 10.2 Å². The van der Waals surface area contributed by atoms with Gasteiger partial charge in [-0.05, 0) is 48.2 Å². The zero-order chi connectivity index (χ0) is 19.0. The molecule has 2 heterocycles. The van der Waals surface area contributed by atoms with Crippen molar-refractivity contribution < 1.29 is 4.74 Å². The molecule has 0 amide bonds. The second-order valence-corrected chi connectivity index (χ2v) is 7.35. The third kappa shape index (κ3) is 2.57. The summed E-state index contributed by atoms with van der Waals surface area (Å²) in [6.45, 7) is 0. The molecule has 0 bridgehead atoms. The van der Waals surface area contributed by atoms with Crippen LogP contribution in [0.1, 0.15) is 0 Å². The van der Waals surface area contributed by atoms with Gasteiger partial charge in [0, 0.05) is 12.0 Å². The van der Waals surface area contributed by atoms with Crippen molar-refractivity contribution in [3.63, 3.8) is 0 Å². The first-order valence-corrected chi connectivity index (χ1v) is 9.54. The molecule has 3 aromatic carbocycles. The van der Waals surface area contributed by atoms with E-state index in [1.807, 2.05) is 78.9 Å². The fourth-order valence-electron chi connectivity index (χ4n) is 3.19. The van der Waals surface area contributed by atoms with Gasteiger partial charge in [0.05, 0.1) is 11.0 Å². The Hall–Kier alpha value is -3.23. The van der Waals surface area contributed by atoms with Crippen LogP contribution in [0.3, 0.4) is 0 Å². The third-order valence-corrected chi connectivity index (χ3v) is 5.79. The number of para-hydroxylation sites is 2. The van der Waals surface area contributed by atoms with Gasteiger partial charge in [0.15, 0.2) is 0 Å². The van der Waals surface area contributed by atoms with Crippen molar-refractivity contribution in [2.75, 3.05) is 7.11 Å². The van der Waals surface area contributed by atoms with Crippen molar-refractivity contribution in [3.05, 3.63) is 78.9 Å². The number of ether oxygens (including phenoxy) is 1. The van der Waals surface area contributed by atoms with Crippen LogP contribution < -0.4 is 0 Å². The molecule has 2 aromatic heterocycles. The van der Waals surface area contributed by atoms with Crippen molar-refractivity contribution in [2.45, 2.75) is 10.1 Å². The molecule has 7 nitrogen and oxygen atoms in total. The molecular weight excluding hydrogens is 372 g/mol. The first kappa shape index (κ1) is 16.9. The van der Waals surface area contributed by atoms with Crippen LogP contribution in [0.5, 0.6) is 0 Å². The van der Waals surface area contributed by atoms with E-state index < -0.39 is 5.18 Å². The van der Waals surface area contributed by atoms with Crippen LogP contribution in [-0.4, -0.2) is 37.1 Å². The van der Waals surface area contributed by atoms with Gasteiger partial charge in [0.1, 0.15) is 11.0 Å². The van der Waals surface area contributed by atoms with Crippen LogP contribution in [0.15, 0.2) is 83.8 Å². The number of hydrogen-bond donors (Lipinski definition) is 0. The Morgan fingerprint density at radius 2 is 1.21 bits per heavy atom. The highest BCUT2D eigenvalue weighted by Gasteiger charge is 2.41. The summed E-state index contributed by atoms with van der Waals surface area (Å²) in [5.74, 6) is 0. The highest BCUT2D eigenvalue weighted by Crippen LogP contribution is 2.41. The number of methoxy groups -OCH3 is 1. The maximum absolute atomic E-state index is 6.13. The molecule has 0 radical (unpaired) electrons. The minimum absolute atomic E-state index is 0.780. The number of rotatable bonds is 5. The van der Waals surface area contributed by atoms with Crippen LogP contribution in [0, 0.1) is 0 Å². The lowest BCUT2D eigenvalue weighted by atomic mass is 10.3. The third-order valence-electron chi connectivity index (χ3n) is 4.50. The Kier molecular flexibility index (Phi) is 4.07. The van der Waals surface area contributed by atoms with Crippen LogP contribution in [0.2, 0.25) is 0 Å². The molecule has 0 spiro atoms. The summed E-state index contributed by atoms with van der Waals surface area (Å²) in [6.07, 6.45) is 0. The fourth-order valence-corrected chi connectivity index (χ4v) is 4.31. The van der Waals surface area contributed by atoms with E-state index >= 15 is 0 Å². The molecule has 0 saturated carbocycles.